The number of aromatic nitrogens is 1. The van der Waals surface area contributed by atoms with Crippen molar-refractivity contribution in [2.75, 3.05) is 0 Å². The lowest BCUT2D eigenvalue weighted by molar-refractivity contribution is 0.416. The average Bonchev–Trinajstić information content (AvgIpc) is 2.38. The summed E-state index contributed by atoms with van der Waals surface area (Å²) in [6.45, 7) is 4.38. The molecule has 0 saturated carbocycles. The Morgan fingerprint density at radius 3 is 2.52 bits per heavy atom. The van der Waals surface area contributed by atoms with Gasteiger partial charge in [0.2, 0.25) is 0 Å². The molecule has 2 rings (SSSR count). The summed E-state index contributed by atoms with van der Waals surface area (Å²) < 4.78 is 19.8. The van der Waals surface area contributed by atoms with Crippen LogP contribution in [-0.4, -0.2) is 11.0 Å². The third-order valence-corrected chi connectivity index (χ3v) is 3.12. The first-order valence-corrected chi connectivity index (χ1v) is 7.22. The molecule has 1 aromatic heterocycles. The molecular formula is C15H15Cl2FN2O. The third-order valence-electron chi connectivity index (χ3n) is 2.69. The number of nitrogens with one attached hydrogen (secondary N) is 1. The first-order chi connectivity index (χ1) is 9.95. The van der Waals surface area contributed by atoms with Gasteiger partial charge >= 0.3 is 0 Å². The smallest absolute Gasteiger partial charge is 0.256 e. The van der Waals surface area contributed by atoms with Crippen LogP contribution in [0.1, 0.15) is 19.4 Å². The fourth-order valence-electron chi connectivity index (χ4n) is 1.68. The van der Waals surface area contributed by atoms with Crippen LogP contribution in [0, 0.1) is 5.82 Å². The second kappa shape index (κ2) is 7.07. The Bertz CT molecular complexity index is 615. The van der Waals surface area contributed by atoms with E-state index in [2.05, 4.69) is 10.3 Å². The van der Waals surface area contributed by atoms with Crippen LogP contribution >= 0.6 is 23.2 Å². The lowest BCUT2D eigenvalue weighted by Crippen LogP contribution is -2.22. The Kier molecular flexibility index (Phi) is 5.39. The zero-order valence-electron chi connectivity index (χ0n) is 11.7. The molecule has 0 spiro atoms. The standard InChI is InChI=1S/C15H15Cl2FN2O/c1-9(2)20-8-10-3-4-19-15(14(10)18)21-13-6-11(16)5-12(17)7-13/h3-7,9,20H,8H2,1-2H3. The summed E-state index contributed by atoms with van der Waals surface area (Å²) in [6.07, 6.45) is 1.50. The van der Waals surface area contributed by atoms with Crippen molar-refractivity contribution in [3.8, 4) is 11.6 Å². The van der Waals surface area contributed by atoms with Crippen molar-refractivity contribution >= 4 is 23.2 Å². The minimum atomic E-state index is -0.498. The Labute approximate surface area is 133 Å². The fraction of sp³-hybridized carbons (Fsp3) is 0.267. The van der Waals surface area contributed by atoms with E-state index in [1.54, 1.807) is 24.3 Å². The second-order valence-electron chi connectivity index (χ2n) is 4.83. The molecule has 0 aliphatic rings. The lowest BCUT2D eigenvalue weighted by Gasteiger charge is -2.11. The van der Waals surface area contributed by atoms with Gasteiger partial charge < -0.3 is 10.1 Å². The Balaban J connectivity index is 2.22. The highest BCUT2D eigenvalue weighted by atomic mass is 35.5. The molecule has 0 fully saturated rings. The highest BCUT2D eigenvalue weighted by Crippen LogP contribution is 2.29. The summed E-state index contributed by atoms with van der Waals surface area (Å²) in [5.74, 6) is -0.258. The maximum atomic E-state index is 14.3. The Morgan fingerprint density at radius 1 is 1.24 bits per heavy atom. The van der Waals surface area contributed by atoms with E-state index in [0.717, 1.165) is 0 Å². The first kappa shape index (κ1) is 16.0. The van der Waals surface area contributed by atoms with E-state index in [1.165, 1.54) is 6.20 Å². The fourth-order valence-corrected chi connectivity index (χ4v) is 2.19. The van der Waals surface area contributed by atoms with Crippen LogP contribution in [0.3, 0.4) is 0 Å². The van der Waals surface area contributed by atoms with Gasteiger partial charge in [0, 0.05) is 34.4 Å². The van der Waals surface area contributed by atoms with Crippen LogP contribution in [0.15, 0.2) is 30.5 Å². The van der Waals surface area contributed by atoms with Gasteiger partial charge in [-0.05, 0) is 24.3 Å². The highest BCUT2D eigenvalue weighted by molar-refractivity contribution is 6.34. The molecule has 3 nitrogen and oxygen atoms in total. The number of benzene rings is 1. The van der Waals surface area contributed by atoms with Crippen LogP contribution in [0.25, 0.3) is 0 Å². The molecule has 0 aliphatic carbocycles. The topological polar surface area (TPSA) is 34.2 Å². The minimum Gasteiger partial charge on any atom is -0.436 e. The molecule has 112 valence electrons. The summed E-state index contributed by atoms with van der Waals surface area (Å²) >= 11 is 11.8. The average molecular weight is 329 g/mol. The van der Waals surface area contributed by atoms with Gasteiger partial charge in [0.15, 0.2) is 5.82 Å². The highest BCUT2D eigenvalue weighted by Gasteiger charge is 2.12. The number of halogens is 3. The quantitative estimate of drug-likeness (QED) is 0.854. The van der Waals surface area contributed by atoms with Crippen molar-refractivity contribution in [1.82, 2.24) is 10.3 Å². The van der Waals surface area contributed by atoms with E-state index in [0.29, 0.717) is 27.9 Å². The SMILES string of the molecule is CC(C)NCc1ccnc(Oc2cc(Cl)cc(Cl)c2)c1F. The van der Waals surface area contributed by atoms with Gasteiger partial charge in [-0.2, -0.15) is 0 Å². The number of rotatable bonds is 5. The molecule has 0 bridgehead atoms. The molecule has 0 unspecified atom stereocenters. The summed E-state index contributed by atoms with van der Waals surface area (Å²) in [5, 5.41) is 3.97. The summed E-state index contributed by atoms with van der Waals surface area (Å²) in [6, 6.07) is 6.54. The molecule has 0 atom stereocenters. The van der Waals surface area contributed by atoms with E-state index >= 15 is 0 Å². The molecule has 2 aromatic rings. The zero-order valence-corrected chi connectivity index (χ0v) is 13.2. The Hall–Kier alpha value is -1.36. The van der Waals surface area contributed by atoms with Gasteiger partial charge in [-0.1, -0.05) is 37.0 Å². The van der Waals surface area contributed by atoms with Gasteiger partial charge in [0.1, 0.15) is 5.75 Å². The van der Waals surface area contributed by atoms with Crippen molar-refractivity contribution in [1.29, 1.82) is 0 Å². The predicted molar refractivity (Wildman–Crippen MR) is 82.7 cm³/mol. The molecule has 1 N–H and O–H groups in total. The molecule has 21 heavy (non-hydrogen) atoms. The van der Waals surface area contributed by atoms with Gasteiger partial charge in [-0.15, -0.1) is 0 Å². The van der Waals surface area contributed by atoms with Crippen molar-refractivity contribution < 1.29 is 9.13 Å². The molecule has 0 radical (unpaired) electrons. The molecule has 0 amide bonds. The van der Waals surface area contributed by atoms with Crippen molar-refractivity contribution in [3.05, 3.63) is 51.9 Å². The van der Waals surface area contributed by atoms with Crippen LogP contribution < -0.4 is 10.1 Å². The normalized spacial score (nSPS) is 11.0. The van der Waals surface area contributed by atoms with Gasteiger partial charge in [0.25, 0.3) is 5.88 Å². The molecule has 6 heteroatoms. The van der Waals surface area contributed by atoms with Crippen molar-refractivity contribution in [2.45, 2.75) is 26.4 Å². The molecule has 0 aliphatic heterocycles. The van der Waals surface area contributed by atoms with Gasteiger partial charge in [0.05, 0.1) is 0 Å². The van der Waals surface area contributed by atoms with E-state index in [4.69, 9.17) is 27.9 Å². The summed E-state index contributed by atoms with van der Waals surface area (Å²) in [7, 11) is 0. The monoisotopic (exact) mass is 328 g/mol. The molecule has 0 saturated heterocycles. The summed E-state index contributed by atoms with van der Waals surface area (Å²) in [5.41, 5.74) is 0.488. The van der Waals surface area contributed by atoms with Crippen LogP contribution in [-0.2, 0) is 6.54 Å². The maximum Gasteiger partial charge on any atom is 0.256 e. The Morgan fingerprint density at radius 2 is 1.90 bits per heavy atom. The molecule has 1 heterocycles. The van der Waals surface area contributed by atoms with E-state index in [-0.39, 0.29) is 11.9 Å². The minimum absolute atomic E-state index is 0.101. The van der Waals surface area contributed by atoms with Crippen LogP contribution in [0.2, 0.25) is 10.0 Å². The van der Waals surface area contributed by atoms with Crippen LogP contribution in [0.4, 0.5) is 4.39 Å². The van der Waals surface area contributed by atoms with E-state index in [9.17, 15) is 4.39 Å². The summed E-state index contributed by atoms with van der Waals surface area (Å²) in [4.78, 5) is 3.91. The zero-order chi connectivity index (χ0) is 15.4. The first-order valence-electron chi connectivity index (χ1n) is 6.46. The number of hydrogen-bond donors (Lipinski definition) is 1. The number of nitrogens with zero attached hydrogens (tertiary/aromatic N) is 1. The van der Waals surface area contributed by atoms with Crippen molar-refractivity contribution in [3.63, 3.8) is 0 Å². The van der Waals surface area contributed by atoms with Crippen LogP contribution in [0.5, 0.6) is 11.6 Å². The lowest BCUT2D eigenvalue weighted by atomic mass is 10.2. The number of pyridine rings is 1. The second-order valence-corrected chi connectivity index (χ2v) is 5.70. The van der Waals surface area contributed by atoms with Crippen molar-refractivity contribution in [2.24, 2.45) is 0 Å². The number of hydrogen-bond acceptors (Lipinski definition) is 3. The molecule has 1 aromatic carbocycles. The van der Waals surface area contributed by atoms with E-state index < -0.39 is 5.82 Å². The van der Waals surface area contributed by atoms with E-state index in [1.807, 2.05) is 13.8 Å². The predicted octanol–water partition coefficient (Wildman–Crippen LogP) is 4.82. The maximum absolute atomic E-state index is 14.3. The number of ether oxygens (including phenoxy) is 1. The molecular weight excluding hydrogens is 314 g/mol. The third kappa shape index (κ3) is 4.56. The van der Waals surface area contributed by atoms with Gasteiger partial charge in [-0.25, -0.2) is 9.37 Å². The largest absolute Gasteiger partial charge is 0.436 e. The van der Waals surface area contributed by atoms with Gasteiger partial charge in [-0.3, -0.25) is 0 Å².